The van der Waals surface area contributed by atoms with E-state index in [1.807, 2.05) is 53.3 Å². The molecule has 5 rings (SSSR count). The number of urea groups is 1. The van der Waals surface area contributed by atoms with Crippen LogP contribution in [-0.4, -0.2) is 72.3 Å². The molecule has 0 radical (unpaired) electrons. The van der Waals surface area contributed by atoms with E-state index in [-0.39, 0.29) is 17.9 Å². The van der Waals surface area contributed by atoms with Crippen LogP contribution < -0.4 is 20.4 Å². The molecule has 10 heteroatoms. The Balaban J connectivity index is 1.10. The molecule has 4 heterocycles. The molecule has 0 unspecified atom stereocenters. The van der Waals surface area contributed by atoms with Crippen molar-refractivity contribution in [2.24, 2.45) is 5.92 Å². The van der Waals surface area contributed by atoms with Crippen molar-refractivity contribution in [3.8, 4) is 0 Å². The number of amides is 4. The summed E-state index contributed by atoms with van der Waals surface area (Å²) < 4.78 is 2.02. The lowest BCUT2D eigenvalue weighted by molar-refractivity contribution is -0.137. The lowest BCUT2D eigenvalue weighted by atomic mass is 9.93. The monoisotopic (exact) mass is 479 g/mol. The number of imide groups is 1. The summed E-state index contributed by atoms with van der Waals surface area (Å²) in [6.45, 7) is 3.65. The first-order chi connectivity index (χ1) is 17.0. The summed E-state index contributed by atoms with van der Waals surface area (Å²) in [5.74, 6) is 0.142. The van der Waals surface area contributed by atoms with Gasteiger partial charge in [-0.2, -0.15) is 5.10 Å². The summed E-state index contributed by atoms with van der Waals surface area (Å²) >= 11 is 0. The molecule has 35 heavy (non-hydrogen) atoms. The molecule has 0 bridgehead atoms. The maximum absolute atomic E-state index is 13.2. The molecule has 3 fully saturated rings. The van der Waals surface area contributed by atoms with Crippen LogP contribution >= 0.6 is 0 Å². The molecule has 0 saturated carbocycles. The Hall–Kier alpha value is -3.56. The number of nitrogens with one attached hydrogen (secondary N) is 2. The van der Waals surface area contributed by atoms with Gasteiger partial charge < -0.3 is 15.1 Å². The van der Waals surface area contributed by atoms with Gasteiger partial charge in [0.05, 0.1) is 17.9 Å². The predicted octanol–water partition coefficient (Wildman–Crippen LogP) is 2.45. The molecule has 3 aliphatic rings. The van der Waals surface area contributed by atoms with E-state index in [1.165, 1.54) is 0 Å². The average molecular weight is 480 g/mol. The smallest absolute Gasteiger partial charge is 0.328 e. The zero-order chi connectivity index (χ0) is 24.4. The van der Waals surface area contributed by atoms with Crippen molar-refractivity contribution in [3.63, 3.8) is 0 Å². The molecule has 0 aliphatic carbocycles. The van der Waals surface area contributed by atoms with Gasteiger partial charge >= 0.3 is 6.03 Å². The van der Waals surface area contributed by atoms with Crippen LogP contribution in [0.1, 0.15) is 38.1 Å². The zero-order valence-electron chi connectivity index (χ0n) is 20.2. The van der Waals surface area contributed by atoms with Crippen LogP contribution in [0.15, 0.2) is 36.7 Å². The highest BCUT2D eigenvalue weighted by Gasteiger charge is 2.32. The Kier molecular flexibility index (Phi) is 6.61. The van der Waals surface area contributed by atoms with Crippen LogP contribution in [0.2, 0.25) is 0 Å². The third-order valence-electron chi connectivity index (χ3n) is 7.47. The Morgan fingerprint density at radius 1 is 0.971 bits per heavy atom. The van der Waals surface area contributed by atoms with E-state index in [0.717, 1.165) is 68.9 Å². The highest BCUT2D eigenvalue weighted by molar-refractivity contribution is 6.05. The van der Waals surface area contributed by atoms with E-state index >= 15 is 0 Å². The van der Waals surface area contributed by atoms with Crippen LogP contribution in [-0.2, 0) is 9.59 Å². The van der Waals surface area contributed by atoms with Crippen LogP contribution in [0.4, 0.5) is 21.9 Å². The van der Waals surface area contributed by atoms with Gasteiger partial charge in [0.1, 0.15) is 0 Å². The zero-order valence-corrected chi connectivity index (χ0v) is 20.2. The fourth-order valence-electron chi connectivity index (χ4n) is 5.31. The maximum Gasteiger partial charge on any atom is 0.328 e. The van der Waals surface area contributed by atoms with Crippen LogP contribution in [0.3, 0.4) is 0 Å². The molecular formula is C25H33N7O3. The number of carbonyl (C=O) groups is 3. The van der Waals surface area contributed by atoms with Crippen molar-refractivity contribution < 1.29 is 14.4 Å². The summed E-state index contributed by atoms with van der Waals surface area (Å²) in [5.41, 5.74) is 2.89. The standard InChI is InChI=1S/C25H33N7O3/c1-26-19-16-27-32(17-19)22-8-13-30(14-9-22)24(34)18-6-11-29(12-7-18)20-2-4-21(5-3-20)31-15-10-23(33)28-25(31)35/h2-5,16-18,22,26H,6-15H2,1H3,(H,28,33,35). The molecule has 1 aromatic carbocycles. The Labute approximate surface area is 205 Å². The number of rotatable bonds is 5. The Bertz CT molecular complexity index is 1070. The number of nitrogens with zero attached hydrogens (tertiary/aromatic N) is 5. The Morgan fingerprint density at radius 3 is 2.29 bits per heavy atom. The van der Waals surface area contributed by atoms with Gasteiger partial charge in [0.15, 0.2) is 0 Å². The van der Waals surface area contributed by atoms with Gasteiger partial charge in [0.2, 0.25) is 11.8 Å². The summed E-state index contributed by atoms with van der Waals surface area (Å²) in [6, 6.07) is 7.85. The predicted molar refractivity (Wildman–Crippen MR) is 134 cm³/mol. The van der Waals surface area contributed by atoms with Crippen LogP contribution in [0.5, 0.6) is 0 Å². The minimum atomic E-state index is -0.371. The molecular weight excluding hydrogens is 446 g/mol. The number of hydrogen-bond donors (Lipinski definition) is 2. The minimum absolute atomic E-state index is 0.0808. The van der Waals surface area contributed by atoms with Crippen LogP contribution in [0.25, 0.3) is 0 Å². The van der Waals surface area contributed by atoms with E-state index in [0.29, 0.717) is 24.9 Å². The van der Waals surface area contributed by atoms with Crippen LogP contribution in [0, 0.1) is 5.92 Å². The van der Waals surface area contributed by atoms with Crippen molar-refractivity contribution in [1.29, 1.82) is 0 Å². The SMILES string of the molecule is CNc1cnn(C2CCN(C(=O)C3CCN(c4ccc(N5CCC(=O)NC5=O)cc4)CC3)CC2)c1. The summed E-state index contributed by atoms with van der Waals surface area (Å²) in [4.78, 5) is 42.5. The number of hydrogen-bond acceptors (Lipinski definition) is 6. The van der Waals surface area contributed by atoms with Crippen molar-refractivity contribution >= 4 is 34.9 Å². The number of piperidine rings is 2. The molecule has 2 aromatic rings. The fraction of sp³-hybridized carbons (Fsp3) is 0.520. The Morgan fingerprint density at radius 2 is 1.66 bits per heavy atom. The van der Waals surface area contributed by atoms with Gasteiger partial charge in [-0.3, -0.25) is 24.5 Å². The molecule has 3 saturated heterocycles. The third kappa shape index (κ3) is 4.96. The number of aromatic nitrogens is 2. The van der Waals surface area contributed by atoms with Gasteiger partial charge in [-0.05, 0) is 49.9 Å². The van der Waals surface area contributed by atoms with Gasteiger partial charge in [-0.1, -0.05) is 0 Å². The number of anilines is 3. The highest BCUT2D eigenvalue weighted by atomic mass is 16.2. The van der Waals surface area contributed by atoms with Crippen molar-refractivity contribution in [2.45, 2.75) is 38.1 Å². The third-order valence-corrected chi connectivity index (χ3v) is 7.47. The summed E-state index contributed by atoms with van der Waals surface area (Å²) in [6.07, 6.45) is 7.75. The first kappa shape index (κ1) is 23.2. The molecule has 4 amide bonds. The lowest BCUT2D eigenvalue weighted by Crippen LogP contribution is -2.49. The van der Waals surface area contributed by atoms with E-state index in [2.05, 4.69) is 20.6 Å². The fourth-order valence-corrected chi connectivity index (χ4v) is 5.31. The molecule has 1 aromatic heterocycles. The number of benzene rings is 1. The normalized spacial score (nSPS) is 20.2. The van der Waals surface area contributed by atoms with Crippen molar-refractivity contribution in [1.82, 2.24) is 20.0 Å². The van der Waals surface area contributed by atoms with Gasteiger partial charge in [0, 0.05) is 69.7 Å². The quantitative estimate of drug-likeness (QED) is 0.683. The molecule has 3 aliphatic heterocycles. The van der Waals surface area contributed by atoms with E-state index in [9.17, 15) is 14.4 Å². The van der Waals surface area contributed by atoms with E-state index < -0.39 is 0 Å². The number of carbonyl (C=O) groups excluding carboxylic acids is 3. The second-order valence-electron chi connectivity index (χ2n) is 9.55. The highest BCUT2D eigenvalue weighted by Crippen LogP contribution is 2.29. The molecule has 0 spiro atoms. The first-order valence-electron chi connectivity index (χ1n) is 12.5. The second kappa shape index (κ2) is 9.97. The lowest BCUT2D eigenvalue weighted by Gasteiger charge is -2.38. The summed E-state index contributed by atoms with van der Waals surface area (Å²) in [5, 5.41) is 9.92. The largest absolute Gasteiger partial charge is 0.386 e. The van der Waals surface area contributed by atoms with E-state index in [1.54, 1.807) is 4.90 Å². The maximum atomic E-state index is 13.2. The van der Waals surface area contributed by atoms with Crippen molar-refractivity contribution in [3.05, 3.63) is 36.7 Å². The van der Waals surface area contributed by atoms with Gasteiger partial charge in [-0.25, -0.2) is 4.79 Å². The molecule has 2 N–H and O–H groups in total. The van der Waals surface area contributed by atoms with E-state index in [4.69, 9.17) is 0 Å². The molecule has 186 valence electrons. The molecule has 10 nitrogen and oxygen atoms in total. The average Bonchev–Trinajstić information content (AvgIpc) is 3.38. The van der Waals surface area contributed by atoms with Gasteiger partial charge in [0.25, 0.3) is 0 Å². The second-order valence-corrected chi connectivity index (χ2v) is 9.55. The van der Waals surface area contributed by atoms with Crippen molar-refractivity contribution in [2.75, 3.05) is 54.9 Å². The summed E-state index contributed by atoms with van der Waals surface area (Å²) in [7, 11) is 1.89. The topological polar surface area (TPSA) is 103 Å². The minimum Gasteiger partial charge on any atom is -0.386 e. The number of likely N-dealkylation sites (tertiary alicyclic amines) is 1. The van der Waals surface area contributed by atoms with Gasteiger partial charge in [-0.15, -0.1) is 0 Å². The first-order valence-corrected chi connectivity index (χ1v) is 12.5. The molecule has 0 atom stereocenters.